The highest BCUT2D eigenvalue weighted by molar-refractivity contribution is 5.92. The first-order valence-electron chi connectivity index (χ1n) is 3.96. The Bertz CT molecular complexity index is 276. The van der Waals surface area contributed by atoms with Crippen LogP contribution in [0.1, 0.15) is 35.9 Å². The van der Waals surface area contributed by atoms with Gasteiger partial charge in [-0.15, -0.1) is 0 Å². The minimum Gasteiger partial charge on any atom is -0.459 e. The number of carbonyl (C=O) groups excluding carboxylic acids is 1. The van der Waals surface area contributed by atoms with Gasteiger partial charge in [-0.25, -0.2) is 0 Å². The molecular weight excluding hydrogens is 154 g/mol. The van der Waals surface area contributed by atoms with E-state index in [1.165, 1.54) is 0 Å². The molecule has 3 nitrogen and oxygen atoms in total. The standard InChI is InChI=1S/C9H13NO2/c1-6(2)7-4-5-12-8(7)9(11)10-3/h4-6H,1-3H3,(H,10,11). The summed E-state index contributed by atoms with van der Waals surface area (Å²) in [5.74, 6) is 0.576. The lowest BCUT2D eigenvalue weighted by molar-refractivity contribution is 0.0934. The summed E-state index contributed by atoms with van der Waals surface area (Å²) in [4.78, 5) is 11.2. The van der Waals surface area contributed by atoms with E-state index in [9.17, 15) is 4.79 Å². The third kappa shape index (κ3) is 1.49. The van der Waals surface area contributed by atoms with Crippen molar-refractivity contribution in [1.82, 2.24) is 5.32 Å². The van der Waals surface area contributed by atoms with Crippen LogP contribution in [0.5, 0.6) is 0 Å². The van der Waals surface area contributed by atoms with E-state index in [4.69, 9.17) is 4.42 Å². The van der Waals surface area contributed by atoms with Crippen molar-refractivity contribution in [3.8, 4) is 0 Å². The molecule has 1 rings (SSSR count). The predicted octanol–water partition coefficient (Wildman–Crippen LogP) is 1.76. The Morgan fingerprint density at radius 1 is 1.58 bits per heavy atom. The summed E-state index contributed by atoms with van der Waals surface area (Å²) in [6, 6.07) is 1.83. The Hall–Kier alpha value is -1.25. The number of hydrogen-bond acceptors (Lipinski definition) is 2. The Labute approximate surface area is 71.8 Å². The molecule has 0 bridgehead atoms. The quantitative estimate of drug-likeness (QED) is 0.729. The zero-order chi connectivity index (χ0) is 9.14. The fraction of sp³-hybridized carbons (Fsp3) is 0.444. The lowest BCUT2D eigenvalue weighted by Gasteiger charge is -2.03. The van der Waals surface area contributed by atoms with Gasteiger partial charge < -0.3 is 9.73 Å². The molecule has 0 fully saturated rings. The molecular formula is C9H13NO2. The summed E-state index contributed by atoms with van der Waals surface area (Å²) in [7, 11) is 1.59. The van der Waals surface area contributed by atoms with Crippen LogP contribution in [0.15, 0.2) is 16.7 Å². The van der Waals surface area contributed by atoms with Crippen LogP contribution in [0.3, 0.4) is 0 Å². The molecule has 0 spiro atoms. The Morgan fingerprint density at radius 2 is 2.25 bits per heavy atom. The van der Waals surface area contributed by atoms with Crippen molar-refractivity contribution < 1.29 is 9.21 Å². The third-order valence-electron chi connectivity index (χ3n) is 1.75. The van der Waals surface area contributed by atoms with E-state index in [2.05, 4.69) is 5.32 Å². The molecule has 0 aromatic carbocycles. The number of hydrogen-bond donors (Lipinski definition) is 1. The van der Waals surface area contributed by atoms with E-state index in [1.807, 2.05) is 19.9 Å². The second-order valence-electron chi connectivity index (χ2n) is 2.94. The zero-order valence-corrected chi connectivity index (χ0v) is 7.55. The Morgan fingerprint density at radius 3 is 2.75 bits per heavy atom. The van der Waals surface area contributed by atoms with E-state index in [-0.39, 0.29) is 5.91 Å². The highest BCUT2D eigenvalue weighted by atomic mass is 16.3. The summed E-state index contributed by atoms with van der Waals surface area (Å²) >= 11 is 0. The molecule has 1 aromatic heterocycles. The number of carbonyl (C=O) groups is 1. The van der Waals surface area contributed by atoms with Crippen LogP contribution in [-0.2, 0) is 0 Å². The van der Waals surface area contributed by atoms with Crippen LogP contribution in [0.4, 0.5) is 0 Å². The Kier molecular flexibility index (Phi) is 2.53. The molecule has 0 unspecified atom stereocenters. The van der Waals surface area contributed by atoms with Gasteiger partial charge >= 0.3 is 0 Å². The van der Waals surface area contributed by atoms with Crippen LogP contribution in [0.2, 0.25) is 0 Å². The van der Waals surface area contributed by atoms with Crippen molar-refractivity contribution in [2.75, 3.05) is 7.05 Å². The predicted molar refractivity (Wildman–Crippen MR) is 46.2 cm³/mol. The van der Waals surface area contributed by atoms with Crippen molar-refractivity contribution in [2.45, 2.75) is 19.8 Å². The highest BCUT2D eigenvalue weighted by Gasteiger charge is 2.15. The number of furan rings is 1. The van der Waals surface area contributed by atoms with Crippen molar-refractivity contribution in [1.29, 1.82) is 0 Å². The molecule has 66 valence electrons. The lowest BCUT2D eigenvalue weighted by atomic mass is 10.0. The average molecular weight is 167 g/mol. The van der Waals surface area contributed by atoms with Gasteiger partial charge in [0.15, 0.2) is 5.76 Å². The molecule has 0 aliphatic rings. The summed E-state index contributed by atoms with van der Waals surface area (Å²) in [5.41, 5.74) is 0.953. The van der Waals surface area contributed by atoms with E-state index in [0.29, 0.717) is 11.7 Å². The smallest absolute Gasteiger partial charge is 0.287 e. The van der Waals surface area contributed by atoms with Crippen LogP contribution < -0.4 is 5.32 Å². The molecule has 0 aliphatic heterocycles. The van der Waals surface area contributed by atoms with Gasteiger partial charge in [-0.1, -0.05) is 13.8 Å². The molecule has 1 heterocycles. The number of nitrogens with one attached hydrogen (secondary N) is 1. The second-order valence-corrected chi connectivity index (χ2v) is 2.94. The lowest BCUT2D eigenvalue weighted by Crippen LogP contribution is -2.18. The van der Waals surface area contributed by atoms with Crippen LogP contribution in [0, 0.1) is 0 Å². The summed E-state index contributed by atoms with van der Waals surface area (Å²) in [6.07, 6.45) is 1.54. The van der Waals surface area contributed by atoms with Gasteiger partial charge in [0.2, 0.25) is 0 Å². The maximum absolute atomic E-state index is 11.2. The van der Waals surface area contributed by atoms with Gasteiger partial charge in [0.1, 0.15) is 0 Å². The average Bonchev–Trinajstić information content (AvgIpc) is 2.50. The van der Waals surface area contributed by atoms with Gasteiger partial charge in [-0.05, 0) is 12.0 Å². The number of rotatable bonds is 2. The van der Waals surface area contributed by atoms with E-state index in [0.717, 1.165) is 5.56 Å². The Balaban J connectivity index is 2.99. The fourth-order valence-corrected chi connectivity index (χ4v) is 1.07. The summed E-state index contributed by atoms with van der Waals surface area (Å²) in [5, 5.41) is 2.53. The molecule has 0 saturated carbocycles. The van der Waals surface area contributed by atoms with E-state index in [1.54, 1.807) is 13.3 Å². The third-order valence-corrected chi connectivity index (χ3v) is 1.75. The topological polar surface area (TPSA) is 42.2 Å². The summed E-state index contributed by atoms with van der Waals surface area (Å²) in [6.45, 7) is 4.05. The van der Waals surface area contributed by atoms with Gasteiger partial charge in [0.05, 0.1) is 6.26 Å². The van der Waals surface area contributed by atoms with E-state index >= 15 is 0 Å². The van der Waals surface area contributed by atoms with Crippen LogP contribution in [0.25, 0.3) is 0 Å². The summed E-state index contributed by atoms with van der Waals surface area (Å²) < 4.78 is 5.07. The first kappa shape index (κ1) is 8.84. The molecule has 1 N–H and O–H groups in total. The maximum atomic E-state index is 11.2. The largest absolute Gasteiger partial charge is 0.459 e. The normalized spacial score (nSPS) is 10.3. The first-order valence-corrected chi connectivity index (χ1v) is 3.96. The number of amides is 1. The molecule has 0 atom stereocenters. The van der Waals surface area contributed by atoms with Gasteiger partial charge in [-0.2, -0.15) is 0 Å². The second kappa shape index (κ2) is 3.43. The minimum atomic E-state index is -0.163. The van der Waals surface area contributed by atoms with Crippen molar-refractivity contribution in [3.05, 3.63) is 23.7 Å². The minimum absolute atomic E-state index is 0.163. The molecule has 0 radical (unpaired) electrons. The van der Waals surface area contributed by atoms with Crippen molar-refractivity contribution >= 4 is 5.91 Å². The van der Waals surface area contributed by atoms with Crippen LogP contribution >= 0.6 is 0 Å². The molecule has 1 aromatic rings. The van der Waals surface area contributed by atoms with Crippen LogP contribution in [-0.4, -0.2) is 13.0 Å². The van der Waals surface area contributed by atoms with Crippen molar-refractivity contribution in [3.63, 3.8) is 0 Å². The van der Waals surface area contributed by atoms with Crippen molar-refractivity contribution in [2.24, 2.45) is 0 Å². The van der Waals surface area contributed by atoms with Gasteiger partial charge in [0.25, 0.3) is 5.91 Å². The maximum Gasteiger partial charge on any atom is 0.287 e. The van der Waals surface area contributed by atoms with E-state index < -0.39 is 0 Å². The fourth-order valence-electron chi connectivity index (χ4n) is 1.07. The molecule has 0 aliphatic carbocycles. The monoisotopic (exact) mass is 167 g/mol. The van der Waals surface area contributed by atoms with Gasteiger partial charge in [-0.3, -0.25) is 4.79 Å². The molecule has 1 amide bonds. The first-order chi connectivity index (χ1) is 5.66. The molecule has 12 heavy (non-hydrogen) atoms. The molecule has 3 heteroatoms. The van der Waals surface area contributed by atoms with Gasteiger partial charge in [0, 0.05) is 12.6 Å². The highest BCUT2D eigenvalue weighted by Crippen LogP contribution is 2.19. The zero-order valence-electron chi connectivity index (χ0n) is 7.55. The SMILES string of the molecule is CNC(=O)c1occc1C(C)C. The molecule has 0 saturated heterocycles.